The number of amides is 1. The quantitative estimate of drug-likeness (QED) is 0.484. The number of benzene rings is 2. The van der Waals surface area contributed by atoms with Crippen LogP contribution >= 0.6 is 27.3 Å². The van der Waals surface area contributed by atoms with E-state index < -0.39 is 0 Å². The fourth-order valence-electron chi connectivity index (χ4n) is 2.71. The summed E-state index contributed by atoms with van der Waals surface area (Å²) in [5, 5.41) is 6.73. The molecule has 2 aromatic carbocycles. The average molecular weight is 424 g/mol. The summed E-state index contributed by atoms with van der Waals surface area (Å²) >= 11 is 5.01. The fourth-order valence-corrected chi connectivity index (χ4v) is 3.93. The molecule has 0 bridgehead atoms. The Kier molecular flexibility index (Phi) is 4.77. The molecule has 0 aliphatic carbocycles. The molecular formula is C20H14BrN3OS. The summed E-state index contributed by atoms with van der Waals surface area (Å²) in [4.78, 5) is 21.4. The Morgan fingerprint density at radius 2 is 2.00 bits per heavy atom. The number of halogens is 1. The Labute approximate surface area is 163 Å². The third kappa shape index (κ3) is 3.66. The van der Waals surface area contributed by atoms with E-state index in [-0.39, 0.29) is 12.3 Å². The molecule has 4 rings (SSSR count). The van der Waals surface area contributed by atoms with Gasteiger partial charge < -0.3 is 5.32 Å². The standard InChI is InChI=1S/C20H14BrN3OS/c21-14-5-1-4-13(10-14)20-23-15(12-26-20)11-19(25)24-18-8-2-7-17-16(18)6-3-9-22-17/h1-10,12H,11H2,(H,24,25). The maximum Gasteiger partial charge on any atom is 0.230 e. The Balaban J connectivity index is 1.50. The van der Waals surface area contributed by atoms with Crippen LogP contribution in [-0.2, 0) is 11.2 Å². The molecule has 0 fully saturated rings. The molecule has 0 radical (unpaired) electrons. The van der Waals surface area contributed by atoms with Gasteiger partial charge in [0.15, 0.2) is 0 Å². The number of nitrogens with zero attached hydrogens (tertiary/aromatic N) is 2. The molecule has 0 atom stereocenters. The summed E-state index contributed by atoms with van der Waals surface area (Å²) in [6, 6.07) is 17.5. The van der Waals surface area contributed by atoms with Crippen molar-refractivity contribution in [1.82, 2.24) is 9.97 Å². The van der Waals surface area contributed by atoms with Crippen LogP contribution in [0.4, 0.5) is 5.69 Å². The van der Waals surface area contributed by atoms with Gasteiger partial charge in [-0.05, 0) is 36.4 Å². The minimum atomic E-state index is -0.0903. The minimum absolute atomic E-state index is 0.0903. The Hall–Kier alpha value is -2.57. The van der Waals surface area contributed by atoms with Crippen molar-refractivity contribution in [3.8, 4) is 10.6 Å². The Morgan fingerprint density at radius 1 is 1.12 bits per heavy atom. The van der Waals surface area contributed by atoms with Crippen molar-refractivity contribution in [2.24, 2.45) is 0 Å². The van der Waals surface area contributed by atoms with Gasteiger partial charge in [-0.25, -0.2) is 4.98 Å². The number of hydrogen-bond acceptors (Lipinski definition) is 4. The number of anilines is 1. The molecule has 0 aliphatic heterocycles. The van der Waals surface area contributed by atoms with E-state index in [4.69, 9.17) is 0 Å². The zero-order chi connectivity index (χ0) is 17.9. The highest BCUT2D eigenvalue weighted by Gasteiger charge is 2.11. The van der Waals surface area contributed by atoms with Crippen molar-refractivity contribution in [1.29, 1.82) is 0 Å². The van der Waals surface area contributed by atoms with Gasteiger partial charge >= 0.3 is 0 Å². The van der Waals surface area contributed by atoms with E-state index >= 15 is 0 Å². The van der Waals surface area contributed by atoms with Gasteiger partial charge in [-0.3, -0.25) is 9.78 Å². The minimum Gasteiger partial charge on any atom is -0.325 e. The van der Waals surface area contributed by atoms with Crippen LogP contribution in [0.5, 0.6) is 0 Å². The number of pyridine rings is 1. The molecule has 26 heavy (non-hydrogen) atoms. The SMILES string of the molecule is O=C(Cc1csc(-c2cccc(Br)c2)n1)Nc1cccc2ncccc12. The molecule has 0 spiro atoms. The molecule has 6 heteroatoms. The van der Waals surface area contributed by atoms with Gasteiger partial charge in [0.1, 0.15) is 5.01 Å². The number of carbonyl (C=O) groups is 1. The molecule has 4 aromatic rings. The van der Waals surface area contributed by atoms with Gasteiger partial charge in [0.2, 0.25) is 5.91 Å². The first-order valence-corrected chi connectivity index (χ1v) is 9.70. The van der Waals surface area contributed by atoms with Gasteiger partial charge in [-0.2, -0.15) is 0 Å². The summed E-state index contributed by atoms with van der Waals surface area (Å²) < 4.78 is 1.01. The van der Waals surface area contributed by atoms with Crippen molar-refractivity contribution >= 4 is 49.8 Å². The van der Waals surface area contributed by atoms with E-state index in [0.717, 1.165) is 37.3 Å². The zero-order valence-electron chi connectivity index (χ0n) is 13.6. The number of fused-ring (bicyclic) bond motifs is 1. The molecule has 1 amide bonds. The highest BCUT2D eigenvalue weighted by atomic mass is 79.9. The fraction of sp³-hybridized carbons (Fsp3) is 0.0500. The maximum absolute atomic E-state index is 12.5. The second-order valence-electron chi connectivity index (χ2n) is 5.75. The Morgan fingerprint density at radius 3 is 2.88 bits per heavy atom. The lowest BCUT2D eigenvalue weighted by molar-refractivity contribution is -0.115. The second-order valence-corrected chi connectivity index (χ2v) is 7.53. The van der Waals surface area contributed by atoms with Crippen LogP contribution in [-0.4, -0.2) is 15.9 Å². The average Bonchev–Trinajstić information content (AvgIpc) is 3.10. The van der Waals surface area contributed by atoms with Crippen LogP contribution in [0.25, 0.3) is 21.5 Å². The topological polar surface area (TPSA) is 54.9 Å². The van der Waals surface area contributed by atoms with Crippen molar-refractivity contribution < 1.29 is 4.79 Å². The van der Waals surface area contributed by atoms with E-state index in [0.29, 0.717) is 0 Å². The molecule has 1 N–H and O–H groups in total. The van der Waals surface area contributed by atoms with Crippen LogP contribution in [0.3, 0.4) is 0 Å². The predicted molar refractivity (Wildman–Crippen MR) is 109 cm³/mol. The lowest BCUT2D eigenvalue weighted by Gasteiger charge is -2.07. The molecular weight excluding hydrogens is 410 g/mol. The summed E-state index contributed by atoms with van der Waals surface area (Å²) in [7, 11) is 0. The van der Waals surface area contributed by atoms with Crippen molar-refractivity contribution in [2.45, 2.75) is 6.42 Å². The maximum atomic E-state index is 12.5. The number of aromatic nitrogens is 2. The molecule has 0 saturated heterocycles. The van der Waals surface area contributed by atoms with Crippen molar-refractivity contribution in [3.05, 3.63) is 76.3 Å². The third-order valence-electron chi connectivity index (χ3n) is 3.88. The molecule has 4 nitrogen and oxygen atoms in total. The largest absolute Gasteiger partial charge is 0.325 e. The number of rotatable bonds is 4. The van der Waals surface area contributed by atoms with Crippen LogP contribution < -0.4 is 5.32 Å². The first-order valence-electron chi connectivity index (χ1n) is 8.03. The van der Waals surface area contributed by atoms with E-state index in [1.165, 1.54) is 0 Å². The number of hydrogen-bond donors (Lipinski definition) is 1. The lowest BCUT2D eigenvalue weighted by atomic mass is 10.1. The van der Waals surface area contributed by atoms with Gasteiger partial charge in [0, 0.05) is 27.0 Å². The number of nitrogens with one attached hydrogen (secondary N) is 1. The summed E-state index contributed by atoms with van der Waals surface area (Å²) in [6.07, 6.45) is 1.98. The smallest absolute Gasteiger partial charge is 0.230 e. The van der Waals surface area contributed by atoms with Crippen LogP contribution in [0.15, 0.2) is 70.6 Å². The van der Waals surface area contributed by atoms with Gasteiger partial charge in [-0.1, -0.05) is 34.1 Å². The summed E-state index contributed by atoms with van der Waals surface area (Å²) in [5.41, 5.74) is 3.43. The van der Waals surface area contributed by atoms with E-state index in [2.05, 4.69) is 31.2 Å². The lowest BCUT2D eigenvalue weighted by Crippen LogP contribution is -2.14. The summed E-state index contributed by atoms with van der Waals surface area (Å²) in [5.74, 6) is -0.0903. The third-order valence-corrected chi connectivity index (χ3v) is 5.32. The van der Waals surface area contributed by atoms with Crippen LogP contribution in [0.2, 0.25) is 0 Å². The highest BCUT2D eigenvalue weighted by molar-refractivity contribution is 9.10. The molecule has 2 heterocycles. The van der Waals surface area contributed by atoms with Crippen LogP contribution in [0.1, 0.15) is 5.69 Å². The van der Waals surface area contributed by atoms with E-state index in [1.54, 1.807) is 17.5 Å². The molecule has 2 aromatic heterocycles. The predicted octanol–water partition coefficient (Wildman–Crippen LogP) is 5.30. The van der Waals surface area contributed by atoms with E-state index in [9.17, 15) is 4.79 Å². The monoisotopic (exact) mass is 423 g/mol. The molecule has 0 aliphatic rings. The number of carbonyl (C=O) groups excluding carboxylic acids is 1. The first-order chi connectivity index (χ1) is 12.7. The number of thiazole rings is 1. The highest BCUT2D eigenvalue weighted by Crippen LogP contribution is 2.27. The molecule has 0 unspecified atom stereocenters. The van der Waals surface area contributed by atoms with Crippen molar-refractivity contribution in [2.75, 3.05) is 5.32 Å². The molecule has 0 saturated carbocycles. The first kappa shape index (κ1) is 16.9. The second kappa shape index (κ2) is 7.35. The Bertz CT molecular complexity index is 1090. The van der Waals surface area contributed by atoms with Gasteiger partial charge in [0.25, 0.3) is 0 Å². The normalized spacial score (nSPS) is 10.8. The van der Waals surface area contributed by atoms with Crippen LogP contribution in [0, 0.1) is 0 Å². The van der Waals surface area contributed by atoms with Crippen molar-refractivity contribution in [3.63, 3.8) is 0 Å². The molecule has 128 valence electrons. The zero-order valence-corrected chi connectivity index (χ0v) is 16.0. The van der Waals surface area contributed by atoms with Gasteiger partial charge in [0.05, 0.1) is 23.3 Å². The van der Waals surface area contributed by atoms with Gasteiger partial charge in [-0.15, -0.1) is 11.3 Å². The summed E-state index contributed by atoms with van der Waals surface area (Å²) in [6.45, 7) is 0. The van der Waals surface area contributed by atoms with E-state index in [1.807, 2.05) is 60.0 Å².